The van der Waals surface area contributed by atoms with Gasteiger partial charge < -0.3 is 5.11 Å². The van der Waals surface area contributed by atoms with Gasteiger partial charge in [0, 0.05) is 16.5 Å². The summed E-state index contributed by atoms with van der Waals surface area (Å²) in [4.78, 5) is 12.3. The van der Waals surface area contributed by atoms with Crippen LogP contribution in [0.4, 0.5) is 0 Å². The van der Waals surface area contributed by atoms with Gasteiger partial charge in [0.1, 0.15) is 0 Å². The minimum absolute atomic E-state index is 0.0898. The zero-order chi connectivity index (χ0) is 13.8. The normalized spacial score (nSPS) is 13.8. The van der Waals surface area contributed by atoms with Crippen LogP contribution < -0.4 is 0 Å². The zero-order valence-corrected chi connectivity index (χ0v) is 11.3. The maximum atomic E-state index is 12.3. The van der Waals surface area contributed by atoms with E-state index in [2.05, 4.69) is 0 Å². The number of benzene rings is 2. The second-order valence-electron chi connectivity index (χ2n) is 4.52. The molecule has 2 nitrogen and oxygen atoms in total. The molecule has 2 atom stereocenters. The lowest BCUT2D eigenvalue weighted by Gasteiger charge is -2.18. The van der Waals surface area contributed by atoms with Crippen molar-refractivity contribution < 1.29 is 9.90 Å². The average molecular weight is 275 g/mol. The van der Waals surface area contributed by atoms with E-state index in [9.17, 15) is 9.90 Å². The van der Waals surface area contributed by atoms with Crippen LogP contribution in [0.5, 0.6) is 0 Å². The van der Waals surface area contributed by atoms with Crippen LogP contribution in [0.2, 0.25) is 5.02 Å². The van der Waals surface area contributed by atoms with E-state index in [1.165, 1.54) is 0 Å². The van der Waals surface area contributed by atoms with Gasteiger partial charge in [-0.15, -0.1) is 0 Å². The van der Waals surface area contributed by atoms with Gasteiger partial charge in [0.15, 0.2) is 5.78 Å². The summed E-state index contributed by atoms with van der Waals surface area (Å²) in [6.45, 7) is 1.73. The fraction of sp³-hybridized carbons (Fsp3) is 0.188. The van der Waals surface area contributed by atoms with Crippen LogP contribution in [-0.4, -0.2) is 10.9 Å². The third-order valence-electron chi connectivity index (χ3n) is 3.16. The van der Waals surface area contributed by atoms with Crippen molar-refractivity contribution in [3.8, 4) is 0 Å². The number of halogens is 1. The molecule has 1 N–H and O–H groups in total. The highest BCUT2D eigenvalue weighted by Gasteiger charge is 2.24. The molecule has 19 heavy (non-hydrogen) atoms. The molecule has 0 spiro atoms. The summed E-state index contributed by atoms with van der Waals surface area (Å²) in [6.07, 6.45) is -0.802. The van der Waals surface area contributed by atoms with Crippen LogP contribution in [0.25, 0.3) is 0 Å². The molecule has 0 radical (unpaired) electrons. The van der Waals surface area contributed by atoms with Gasteiger partial charge in [0.05, 0.1) is 6.10 Å². The van der Waals surface area contributed by atoms with E-state index in [1.54, 1.807) is 31.2 Å². The first-order valence-corrected chi connectivity index (χ1v) is 6.50. The summed E-state index contributed by atoms with van der Waals surface area (Å²) in [6, 6.07) is 15.9. The standard InChI is InChI=1S/C16H15ClO2/c1-11(15(18)12-5-3-2-4-6-12)16(19)13-7-9-14(17)10-8-13/h2-11,15,18H,1H3/t11-,15-/m0/s1. The van der Waals surface area contributed by atoms with Gasteiger partial charge in [-0.1, -0.05) is 48.9 Å². The topological polar surface area (TPSA) is 37.3 Å². The molecule has 0 saturated heterocycles. The van der Waals surface area contributed by atoms with E-state index in [-0.39, 0.29) is 5.78 Å². The molecule has 0 bridgehead atoms. The lowest BCUT2D eigenvalue weighted by molar-refractivity contribution is 0.0714. The monoisotopic (exact) mass is 274 g/mol. The van der Waals surface area contributed by atoms with Gasteiger partial charge in [-0.2, -0.15) is 0 Å². The predicted molar refractivity (Wildman–Crippen MR) is 76.3 cm³/mol. The van der Waals surface area contributed by atoms with Crippen LogP contribution in [0, 0.1) is 5.92 Å². The number of rotatable bonds is 4. The highest BCUT2D eigenvalue weighted by atomic mass is 35.5. The Morgan fingerprint density at radius 1 is 1.05 bits per heavy atom. The largest absolute Gasteiger partial charge is 0.388 e. The quantitative estimate of drug-likeness (QED) is 0.859. The van der Waals surface area contributed by atoms with Crippen molar-refractivity contribution in [2.24, 2.45) is 5.92 Å². The average Bonchev–Trinajstić information content (AvgIpc) is 2.46. The molecule has 0 aromatic heterocycles. The van der Waals surface area contributed by atoms with Crippen molar-refractivity contribution >= 4 is 17.4 Å². The molecule has 3 heteroatoms. The fourth-order valence-corrected chi connectivity index (χ4v) is 2.09. The smallest absolute Gasteiger partial charge is 0.168 e. The summed E-state index contributed by atoms with van der Waals surface area (Å²) in [5.74, 6) is -0.586. The second kappa shape index (κ2) is 6.00. The molecule has 0 aliphatic carbocycles. The van der Waals surface area contributed by atoms with Gasteiger partial charge >= 0.3 is 0 Å². The number of ketones is 1. The first-order valence-electron chi connectivity index (χ1n) is 6.12. The number of carbonyl (C=O) groups is 1. The zero-order valence-electron chi connectivity index (χ0n) is 10.6. The molecule has 0 unspecified atom stereocenters. The molecule has 0 saturated carbocycles. The van der Waals surface area contributed by atoms with E-state index in [0.29, 0.717) is 10.6 Å². The van der Waals surface area contributed by atoms with Crippen LogP contribution in [-0.2, 0) is 0 Å². The van der Waals surface area contributed by atoms with E-state index in [1.807, 2.05) is 30.3 Å². The van der Waals surface area contributed by atoms with Crippen LogP contribution in [0.15, 0.2) is 54.6 Å². The van der Waals surface area contributed by atoms with Gasteiger partial charge in [-0.3, -0.25) is 4.79 Å². The number of Topliss-reactive ketones (excluding diaryl/α,β-unsaturated/α-hetero) is 1. The molecular formula is C16H15ClO2. The number of aliphatic hydroxyl groups is 1. The molecule has 0 amide bonds. The Morgan fingerprint density at radius 3 is 2.21 bits per heavy atom. The van der Waals surface area contributed by atoms with E-state index in [4.69, 9.17) is 11.6 Å². The molecule has 0 heterocycles. The van der Waals surface area contributed by atoms with Crippen molar-refractivity contribution in [3.63, 3.8) is 0 Å². The van der Waals surface area contributed by atoms with Crippen LogP contribution in [0.1, 0.15) is 28.9 Å². The highest BCUT2D eigenvalue weighted by molar-refractivity contribution is 6.30. The molecule has 0 aliphatic rings. The minimum atomic E-state index is -0.802. The van der Waals surface area contributed by atoms with Crippen molar-refractivity contribution in [1.29, 1.82) is 0 Å². The Morgan fingerprint density at radius 2 is 1.63 bits per heavy atom. The summed E-state index contributed by atoms with van der Waals surface area (Å²) in [5.41, 5.74) is 1.31. The molecule has 0 fully saturated rings. The molecule has 0 aliphatic heterocycles. The van der Waals surface area contributed by atoms with E-state index >= 15 is 0 Å². The van der Waals surface area contributed by atoms with Crippen molar-refractivity contribution in [2.45, 2.75) is 13.0 Å². The molecular weight excluding hydrogens is 260 g/mol. The summed E-state index contributed by atoms with van der Waals surface area (Å²) >= 11 is 5.79. The first kappa shape index (κ1) is 13.8. The minimum Gasteiger partial charge on any atom is -0.388 e. The second-order valence-corrected chi connectivity index (χ2v) is 4.95. The molecule has 2 aromatic carbocycles. The van der Waals surface area contributed by atoms with Crippen molar-refractivity contribution in [3.05, 3.63) is 70.7 Å². The van der Waals surface area contributed by atoms with E-state index < -0.39 is 12.0 Å². The van der Waals surface area contributed by atoms with Crippen LogP contribution >= 0.6 is 11.6 Å². The van der Waals surface area contributed by atoms with Crippen molar-refractivity contribution in [2.75, 3.05) is 0 Å². The third kappa shape index (κ3) is 3.22. The summed E-state index contributed by atoms with van der Waals surface area (Å²) < 4.78 is 0. The third-order valence-corrected chi connectivity index (χ3v) is 3.41. The number of hydrogen-bond donors (Lipinski definition) is 1. The predicted octanol–water partition coefficient (Wildman–Crippen LogP) is 3.89. The molecule has 2 aromatic rings. The SMILES string of the molecule is C[C@H](C(=O)c1ccc(Cl)cc1)[C@H](O)c1ccccc1. The lowest BCUT2D eigenvalue weighted by Crippen LogP contribution is -2.19. The highest BCUT2D eigenvalue weighted by Crippen LogP contribution is 2.25. The Labute approximate surface area is 117 Å². The summed E-state index contributed by atoms with van der Waals surface area (Å²) in [7, 11) is 0. The summed E-state index contributed by atoms with van der Waals surface area (Å²) in [5, 5.41) is 10.8. The lowest BCUT2D eigenvalue weighted by atomic mass is 9.90. The fourth-order valence-electron chi connectivity index (χ4n) is 1.96. The maximum Gasteiger partial charge on any atom is 0.168 e. The Kier molecular flexibility index (Phi) is 4.35. The Hall–Kier alpha value is -1.64. The Balaban J connectivity index is 2.17. The maximum absolute atomic E-state index is 12.3. The number of carbonyl (C=O) groups excluding carboxylic acids is 1. The van der Waals surface area contributed by atoms with Gasteiger partial charge in [0.2, 0.25) is 0 Å². The van der Waals surface area contributed by atoms with E-state index in [0.717, 1.165) is 5.56 Å². The number of aliphatic hydroxyl groups excluding tert-OH is 1. The first-order chi connectivity index (χ1) is 9.09. The number of hydrogen-bond acceptors (Lipinski definition) is 2. The Bertz CT molecular complexity index is 549. The molecule has 2 rings (SSSR count). The van der Waals surface area contributed by atoms with Gasteiger partial charge in [-0.05, 0) is 29.8 Å². The molecule has 98 valence electrons. The van der Waals surface area contributed by atoms with Crippen molar-refractivity contribution in [1.82, 2.24) is 0 Å². The van der Waals surface area contributed by atoms with Crippen LogP contribution in [0.3, 0.4) is 0 Å². The van der Waals surface area contributed by atoms with Gasteiger partial charge in [0.25, 0.3) is 0 Å². The van der Waals surface area contributed by atoms with Gasteiger partial charge in [-0.25, -0.2) is 0 Å².